The van der Waals surface area contributed by atoms with Crippen molar-refractivity contribution in [1.29, 1.82) is 0 Å². The Morgan fingerprint density at radius 2 is 2.20 bits per heavy atom. The number of allylic oxidation sites excluding steroid dienone is 1. The predicted molar refractivity (Wildman–Crippen MR) is 84.4 cm³/mol. The van der Waals surface area contributed by atoms with Crippen LogP contribution in [0.3, 0.4) is 0 Å². The van der Waals surface area contributed by atoms with E-state index in [-0.39, 0.29) is 17.8 Å². The highest BCUT2D eigenvalue weighted by molar-refractivity contribution is 5.90. The fourth-order valence-electron chi connectivity index (χ4n) is 2.70. The highest BCUT2D eigenvalue weighted by atomic mass is 19.4. The van der Waals surface area contributed by atoms with Gasteiger partial charge in [-0.05, 0) is 37.1 Å². The largest absolute Gasteiger partial charge is 0.409 e. The maximum Gasteiger partial charge on any atom is 0.409 e. The second-order valence-electron chi connectivity index (χ2n) is 5.87. The van der Waals surface area contributed by atoms with Gasteiger partial charge in [-0.1, -0.05) is 0 Å². The second kappa shape index (κ2) is 8.11. The van der Waals surface area contributed by atoms with E-state index in [0.717, 1.165) is 18.5 Å². The number of primary amides is 1. The van der Waals surface area contributed by atoms with E-state index in [4.69, 9.17) is 5.73 Å². The number of aromatic nitrogens is 1. The van der Waals surface area contributed by atoms with Crippen molar-refractivity contribution < 1.29 is 22.8 Å². The molecule has 0 aliphatic carbocycles. The summed E-state index contributed by atoms with van der Waals surface area (Å²) in [5, 5.41) is 2.58. The number of halogens is 3. The third-order valence-corrected chi connectivity index (χ3v) is 3.76. The monoisotopic (exact) mass is 356 g/mol. The number of alkyl halides is 3. The van der Waals surface area contributed by atoms with Crippen LogP contribution >= 0.6 is 0 Å². The van der Waals surface area contributed by atoms with Crippen LogP contribution in [0.15, 0.2) is 30.5 Å². The normalized spacial score (nSPS) is 19.1. The van der Waals surface area contributed by atoms with Crippen molar-refractivity contribution in [3.05, 3.63) is 41.7 Å². The molecular formula is C16H19F3N4O2. The Kier molecular flexibility index (Phi) is 6.13. The number of nitrogens with two attached hydrogens (primary N) is 1. The third-order valence-electron chi connectivity index (χ3n) is 3.76. The molecule has 0 bridgehead atoms. The summed E-state index contributed by atoms with van der Waals surface area (Å²) in [4.78, 5) is 28.7. The Morgan fingerprint density at radius 1 is 1.44 bits per heavy atom. The zero-order valence-electron chi connectivity index (χ0n) is 13.4. The molecule has 1 aromatic rings. The van der Waals surface area contributed by atoms with Crippen molar-refractivity contribution in [2.45, 2.75) is 31.6 Å². The van der Waals surface area contributed by atoms with Gasteiger partial charge in [-0.3, -0.25) is 19.5 Å². The van der Waals surface area contributed by atoms with Crippen LogP contribution in [0.5, 0.6) is 0 Å². The number of piperidine rings is 1. The molecule has 1 unspecified atom stereocenters. The van der Waals surface area contributed by atoms with Gasteiger partial charge >= 0.3 is 6.18 Å². The average molecular weight is 356 g/mol. The number of nitrogens with one attached hydrogen (secondary N) is 1. The third kappa shape index (κ3) is 6.54. The molecule has 1 aliphatic heterocycles. The molecule has 25 heavy (non-hydrogen) atoms. The topological polar surface area (TPSA) is 88.3 Å². The van der Waals surface area contributed by atoms with E-state index in [9.17, 15) is 22.8 Å². The molecule has 6 nitrogen and oxygen atoms in total. The first-order valence-corrected chi connectivity index (χ1v) is 7.76. The molecule has 1 saturated heterocycles. The van der Waals surface area contributed by atoms with E-state index in [1.807, 2.05) is 0 Å². The van der Waals surface area contributed by atoms with Gasteiger partial charge in [0.05, 0.1) is 0 Å². The molecule has 3 N–H and O–H groups in total. The molecule has 2 heterocycles. The van der Waals surface area contributed by atoms with Gasteiger partial charge in [-0.25, -0.2) is 0 Å². The number of carbonyl (C=O) groups is 2. The predicted octanol–water partition coefficient (Wildman–Crippen LogP) is 1.38. The first-order valence-electron chi connectivity index (χ1n) is 7.76. The SMILES string of the molecule is NC(=O)c1cc(CN2CCCC(NC(=O)C=CC(F)(F)F)C2)ccn1. The summed E-state index contributed by atoms with van der Waals surface area (Å²) >= 11 is 0. The number of nitrogens with zero attached hydrogens (tertiary/aromatic N) is 2. The number of pyridine rings is 1. The smallest absolute Gasteiger partial charge is 0.364 e. The van der Waals surface area contributed by atoms with Crippen molar-refractivity contribution in [3.63, 3.8) is 0 Å². The molecule has 9 heteroatoms. The first kappa shape index (κ1) is 18.9. The van der Waals surface area contributed by atoms with Gasteiger partial charge in [0.2, 0.25) is 5.91 Å². The van der Waals surface area contributed by atoms with Gasteiger partial charge < -0.3 is 11.1 Å². The summed E-state index contributed by atoms with van der Waals surface area (Å²) in [5.74, 6) is -1.37. The van der Waals surface area contributed by atoms with E-state index in [1.54, 1.807) is 12.1 Å². The Labute approximate surface area is 142 Å². The maximum absolute atomic E-state index is 12.1. The molecule has 0 radical (unpaired) electrons. The molecule has 0 spiro atoms. The van der Waals surface area contributed by atoms with Crippen molar-refractivity contribution in [2.24, 2.45) is 5.73 Å². The highest BCUT2D eigenvalue weighted by Crippen LogP contribution is 2.16. The number of likely N-dealkylation sites (tertiary alicyclic amines) is 1. The Morgan fingerprint density at radius 3 is 2.88 bits per heavy atom. The summed E-state index contributed by atoms with van der Waals surface area (Å²) in [6.45, 7) is 1.84. The molecule has 1 fully saturated rings. The van der Waals surface area contributed by atoms with Crippen LogP contribution in [0, 0.1) is 0 Å². The van der Waals surface area contributed by atoms with E-state index in [0.29, 0.717) is 25.6 Å². The minimum absolute atomic E-state index is 0.0781. The van der Waals surface area contributed by atoms with Crippen LogP contribution < -0.4 is 11.1 Å². The fourth-order valence-corrected chi connectivity index (χ4v) is 2.70. The van der Waals surface area contributed by atoms with Crippen molar-refractivity contribution in [2.75, 3.05) is 13.1 Å². The first-order chi connectivity index (χ1) is 11.7. The molecule has 1 atom stereocenters. The van der Waals surface area contributed by atoms with E-state index in [1.165, 1.54) is 6.20 Å². The van der Waals surface area contributed by atoms with Crippen molar-refractivity contribution in [1.82, 2.24) is 15.2 Å². The quantitative estimate of drug-likeness (QED) is 0.780. The van der Waals surface area contributed by atoms with Crippen LogP contribution in [0.1, 0.15) is 28.9 Å². The molecule has 0 saturated carbocycles. The average Bonchev–Trinajstić information content (AvgIpc) is 2.53. The lowest BCUT2D eigenvalue weighted by molar-refractivity contribution is -0.118. The van der Waals surface area contributed by atoms with Gasteiger partial charge in [-0.15, -0.1) is 0 Å². The lowest BCUT2D eigenvalue weighted by atomic mass is 10.0. The molecule has 2 rings (SSSR count). The number of carbonyl (C=O) groups excluding carboxylic acids is 2. The number of hydrogen-bond acceptors (Lipinski definition) is 4. The molecule has 0 aromatic carbocycles. The Balaban J connectivity index is 1.90. The van der Waals surface area contributed by atoms with Gasteiger partial charge in [0, 0.05) is 37.5 Å². The summed E-state index contributed by atoms with van der Waals surface area (Å²) in [5.41, 5.74) is 6.23. The summed E-state index contributed by atoms with van der Waals surface area (Å²) < 4.78 is 36.2. The molecule has 136 valence electrons. The molecule has 1 aliphatic rings. The van der Waals surface area contributed by atoms with Gasteiger partial charge in [-0.2, -0.15) is 13.2 Å². The minimum atomic E-state index is -4.50. The Bertz CT molecular complexity index is 661. The van der Waals surface area contributed by atoms with Gasteiger partial charge in [0.15, 0.2) is 0 Å². The number of amides is 2. The van der Waals surface area contributed by atoms with E-state index >= 15 is 0 Å². The fraction of sp³-hybridized carbons (Fsp3) is 0.438. The lowest BCUT2D eigenvalue weighted by Gasteiger charge is -2.33. The van der Waals surface area contributed by atoms with Gasteiger partial charge in [0.25, 0.3) is 5.91 Å². The van der Waals surface area contributed by atoms with Crippen molar-refractivity contribution in [3.8, 4) is 0 Å². The van der Waals surface area contributed by atoms with Crippen molar-refractivity contribution >= 4 is 11.8 Å². The number of rotatable bonds is 5. The Hall–Kier alpha value is -2.42. The number of hydrogen-bond donors (Lipinski definition) is 2. The van der Waals surface area contributed by atoms with Crippen LogP contribution in [-0.4, -0.2) is 47.0 Å². The molecule has 1 aromatic heterocycles. The molecular weight excluding hydrogens is 337 g/mol. The van der Waals surface area contributed by atoms with Crippen LogP contribution in [0.4, 0.5) is 13.2 Å². The standard InChI is InChI=1S/C16H19F3N4O2/c17-16(18,19)5-3-14(24)22-12-2-1-7-23(10-12)9-11-4-6-21-13(8-11)15(20)25/h3-6,8,12H,1-2,7,9-10H2,(H2,20,25)(H,22,24). The van der Waals surface area contributed by atoms with Gasteiger partial charge in [0.1, 0.15) is 5.69 Å². The van der Waals surface area contributed by atoms with E-state index < -0.39 is 18.0 Å². The summed E-state index contributed by atoms with van der Waals surface area (Å²) in [6.07, 6.45) is -1.07. The maximum atomic E-state index is 12.1. The van der Waals surface area contributed by atoms with E-state index in [2.05, 4.69) is 15.2 Å². The summed E-state index contributed by atoms with van der Waals surface area (Å²) in [6, 6.07) is 3.15. The molecule has 2 amide bonds. The van der Waals surface area contributed by atoms with Crippen LogP contribution in [0.2, 0.25) is 0 Å². The van der Waals surface area contributed by atoms with Crippen LogP contribution in [0.25, 0.3) is 0 Å². The summed E-state index contributed by atoms with van der Waals surface area (Å²) in [7, 11) is 0. The second-order valence-corrected chi connectivity index (χ2v) is 5.87. The highest BCUT2D eigenvalue weighted by Gasteiger charge is 2.24. The zero-order chi connectivity index (χ0) is 18.4. The van der Waals surface area contributed by atoms with Crippen LogP contribution in [-0.2, 0) is 11.3 Å². The minimum Gasteiger partial charge on any atom is -0.364 e. The zero-order valence-corrected chi connectivity index (χ0v) is 13.4. The lowest BCUT2D eigenvalue weighted by Crippen LogP contribution is -2.47.